The number of rotatable bonds is 4. The number of aromatic amines is 1. The number of methoxy groups -OCH3 is 1. The van der Waals surface area contributed by atoms with E-state index in [4.69, 9.17) is 31.7 Å². The van der Waals surface area contributed by atoms with E-state index in [1.165, 1.54) is 0 Å². The van der Waals surface area contributed by atoms with Crippen LogP contribution < -0.4 is 20.4 Å². The third kappa shape index (κ3) is 3.92. The summed E-state index contributed by atoms with van der Waals surface area (Å²) < 4.78 is 11.4. The highest BCUT2D eigenvalue weighted by Gasteiger charge is 2.47. The summed E-state index contributed by atoms with van der Waals surface area (Å²) in [7, 11) is 1.78. The van der Waals surface area contributed by atoms with Gasteiger partial charge in [-0.05, 0) is 44.7 Å². The van der Waals surface area contributed by atoms with Gasteiger partial charge in [0.2, 0.25) is 0 Å². The van der Waals surface area contributed by atoms with Crippen LogP contribution in [0, 0.1) is 12.0 Å². The van der Waals surface area contributed by atoms with Crippen LogP contribution in [0.5, 0.6) is 0 Å². The first kappa shape index (κ1) is 24.6. The quantitative estimate of drug-likeness (QED) is 0.491. The van der Waals surface area contributed by atoms with E-state index < -0.39 is 0 Å². The minimum Gasteiger partial charge on any atom is -0.381 e. The summed E-state index contributed by atoms with van der Waals surface area (Å²) in [5, 5.41) is 7.82. The minimum atomic E-state index is 0.0706. The number of aromatic nitrogens is 4. The number of hydrogen-bond acceptors (Lipinski definition) is 9. The van der Waals surface area contributed by atoms with Gasteiger partial charge < -0.3 is 29.9 Å². The average Bonchev–Trinajstić information content (AvgIpc) is 3.49. The van der Waals surface area contributed by atoms with Gasteiger partial charge >= 0.3 is 0 Å². The normalized spacial score (nSPS) is 28.0. The predicted octanol–water partition coefficient (Wildman–Crippen LogP) is 3.37. The molecule has 11 nitrogen and oxygen atoms in total. The molecule has 11 heteroatoms. The van der Waals surface area contributed by atoms with Crippen molar-refractivity contribution < 1.29 is 9.47 Å². The molecule has 1 spiro atoms. The molecule has 2 saturated heterocycles. The molecule has 0 radical (unpaired) electrons. The van der Waals surface area contributed by atoms with Crippen LogP contribution in [-0.4, -0.2) is 84.4 Å². The number of H-pyrrole nitrogens is 1. The molecule has 3 aliphatic heterocycles. The summed E-state index contributed by atoms with van der Waals surface area (Å²) in [6.45, 7) is 13.8. The summed E-state index contributed by atoms with van der Waals surface area (Å²) >= 11 is 0. The predicted molar refractivity (Wildman–Crippen MR) is 150 cm³/mol. The molecule has 3 fully saturated rings. The van der Waals surface area contributed by atoms with Gasteiger partial charge in [0.1, 0.15) is 5.82 Å². The fourth-order valence-electron chi connectivity index (χ4n) is 6.85. The molecular formula is C28H35N9O2. The largest absolute Gasteiger partial charge is 0.381 e. The van der Waals surface area contributed by atoms with Crippen molar-refractivity contribution in [2.45, 2.75) is 56.9 Å². The number of anilines is 4. The van der Waals surface area contributed by atoms with Crippen LogP contribution in [0.2, 0.25) is 0 Å². The first-order chi connectivity index (χ1) is 19.0. The summed E-state index contributed by atoms with van der Waals surface area (Å²) in [4.78, 5) is 20.4. The van der Waals surface area contributed by atoms with Crippen molar-refractivity contribution in [2.75, 3.05) is 54.6 Å². The second kappa shape index (κ2) is 9.33. The Balaban J connectivity index is 1.14. The maximum atomic E-state index is 7.54. The van der Waals surface area contributed by atoms with Crippen molar-refractivity contribution in [3.63, 3.8) is 0 Å². The van der Waals surface area contributed by atoms with Gasteiger partial charge in [-0.1, -0.05) is 6.07 Å². The lowest BCUT2D eigenvalue weighted by molar-refractivity contribution is 0.0254. The van der Waals surface area contributed by atoms with Crippen LogP contribution in [0.25, 0.3) is 16.0 Å². The van der Waals surface area contributed by atoms with Gasteiger partial charge in [0.15, 0.2) is 22.7 Å². The van der Waals surface area contributed by atoms with Gasteiger partial charge in [0.05, 0.1) is 43.0 Å². The molecule has 0 unspecified atom stereocenters. The van der Waals surface area contributed by atoms with E-state index in [1.54, 1.807) is 7.11 Å². The molecule has 7 rings (SSSR count). The molecule has 0 bridgehead atoms. The fraction of sp³-hybridized carbons (Fsp3) is 0.571. The Labute approximate surface area is 228 Å². The average molecular weight is 530 g/mol. The number of fused-ring (bicyclic) bond motifs is 2. The van der Waals surface area contributed by atoms with Crippen molar-refractivity contribution >= 4 is 39.9 Å². The third-order valence-corrected chi connectivity index (χ3v) is 9.52. The van der Waals surface area contributed by atoms with Gasteiger partial charge in [0.25, 0.3) is 0 Å². The molecule has 0 amide bonds. The lowest BCUT2D eigenvalue weighted by atomic mass is 9.73. The second-order valence-corrected chi connectivity index (χ2v) is 11.5. The molecule has 1 saturated carbocycles. The zero-order chi connectivity index (χ0) is 26.7. The van der Waals surface area contributed by atoms with E-state index >= 15 is 0 Å². The zero-order valence-corrected chi connectivity index (χ0v) is 22.5. The summed E-state index contributed by atoms with van der Waals surface area (Å²) in [5.74, 6) is 1.63. The second-order valence-electron chi connectivity index (χ2n) is 11.5. The number of nitrogens with zero attached hydrogens (tertiary/aromatic N) is 7. The lowest BCUT2D eigenvalue weighted by Gasteiger charge is -2.48. The van der Waals surface area contributed by atoms with Crippen LogP contribution >= 0.6 is 0 Å². The Morgan fingerprint density at radius 1 is 1.18 bits per heavy atom. The molecule has 5 heterocycles. The van der Waals surface area contributed by atoms with E-state index in [0.717, 1.165) is 87.0 Å². The number of benzene rings is 1. The van der Waals surface area contributed by atoms with E-state index in [2.05, 4.69) is 36.7 Å². The van der Waals surface area contributed by atoms with Gasteiger partial charge in [-0.25, -0.2) is 14.8 Å². The van der Waals surface area contributed by atoms with Crippen molar-refractivity contribution in [3.8, 4) is 0 Å². The first-order valence-corrected chi connectivity index (χ1v) is 13.9. The molecule has 2 aromatic heterocycles. The Kier molecular flexibility index (Phi) is 5.88. The van der Waals surface area contributed by atoms with Crippen molar-refractivity contribution in [1.29, 1.82) is 0 Å². The number of piperidine rings is 1. The lowest BCUT2D eigenvalue weighted by Crippen LogP contribution is -2.52. The number of nitrogens with two attached hydrogens (primary N) is 1. The van der Waals surface area contributed by atoms with Crippen LogP contribution in [0.3, 0.4) is 0 Å². The van der Waals surface area contributed by atoms with Crippen LogP contribution in [0.1, 0.15) is 32.6 Å². The highest BCUT2D eigenvalue weighted by atomic mass is 16.5. The molecule has 3 aromatic rings. The molecular weight excluding hydrogens is 494 g/mol. The van der Waals surface area contributed by atoms with E-state index in [-0.39, 0.29) is 17.6 Å². The van der Waals surface area contributed by atoms with Crippen molar-refractivity contribution in [2.24, 2.45) is 11.1 Å². The maximum Gasteiger partial charge on any atom is 0.189 e. The smallest absolute Gasteiger partial charge is 0.189 e. The Morgan fingerprint density at radius 3 is 2.72 bits per heavy atom. The van der Waals surface area contributed by atoms with Crippen molar-refractivity contribution in [1.82, 2.24) is 20.2 Å². The Morgan fingerprint density at radius 2 is 2.00 bits per heavy atom. The molecule has 3 N–H and O–H groups in total. The Hall–Kier alpha value is -3.46. The first-order valence-electron chi connectivity index (χ1n) is 13.9. The van der Waals surface area contributed by atoms with Gasteiger partial charge in [-0.15, -0.1) is 0 Å². The summed E-state index contributed by atoms with van der Waals surface area (Å²) in [6.07, 6.45) is 6.30. The molecule has 1 aromatic carbocycles. The Bertz CT molecular complexity index is 1420. The van der Waals surface area contributed by atoms with E-state index in [9.17, 15) is 0 Å². The van der Waals surface area contributed by atoms with Crippen LogP contribution in [-0.2, 0) is 9.47 Å². The topological polar surface area (TPSA) is 113 Å². The molecule has 39 heavy (non-hydrogen) atoms. The number of ether oxygens (including phenoxy) is 2. The highest BCUT2D eigenvalue weighted by molar-refractivity contribution is 5.91. The maximum absolute atomic E-state index is 7.54. The number of nitrogens with one attached hydrogen (secondary N) is 1. The van der Waals surface area contributed by atoms with E-state index in [0.29, 0.717) is 23.5 Å². The SMILES string of the molecule is [C-]#[N+]c1ccc2c(c1)N(C1CC(OC)C1)CCN2c1n[nH]c2nc(N3CCC4(CC3)CO[C@@H](C)[C@H]4N)cnc12. The fourth-order valence-corrected chi connectivity index (χ4v) is 6.85. The van der Waals surface area contributed by atoms with Gasteiger partial charge in [-0.2, -0.15) is 5.10 Å². The zero-order valence-electron chi connectivity index (χ0n) is 22.5. The molecule has 1 aliphatic carbocycles. The molecule has 2 atom stereocenters. The van der Waals surface area contributed by atoms with E-state index in [1.807, 2.05) is 24.4 Å². The van der Waals surface area contributed by atoms with Crippen LogP contribution in [0.4, 0.5) is 28.7 Å². The standard InChI is InChI=1S/C28H35N9O2/c1-17-25(29)28(16-39-17)6-8-35(9-7-28)23-15-31-24-26(32-23)33-34-27(24)37-11-10-36(19-13-20(14-19)38-3)22-12-18(30-2)4-5-21(22)37/h4-5,12,15,17,19-20,25H,6-11,13-14,16,29H2,1,3H3,(H,32,33,34)/t17-,19?,20?,25+/m0/s1. The summed E-state index contributed by atoms with van der Waals surface area (Å²) in [6, 6.07) is 6.42. The third-order valence-electron chi connectivity index (χ3n) is 9.52. The van der Waals surface area contributed by atoms with Crippen LogP contribution in [0.15, 0.2) is 24.4 Å². The van der Waals surface area contributed by atoms with Gasteiger partial charge in [-0.3, -0.25) is 5.10 Å². The molecule has 4 aliphatic rings. The van der Waals surface area contributed by atoms with Gasteiger partial charge in [0, 0.05) is 50.8 Å². The monoisotopic (exact) mass is 529 g/mol. The highest BCUT2D eigenvalue weighted by Crippen LogP contribution is 2.45. The minimum absolute atomic E-state index is 0.0706. The molecule has 204 valence electrons. The van der Waals surface area contributed by atoms with Crippen molar-refractivity contribution in [3.05, 3.63) is 35.8 Å². The summed E-state index contributed by atoms with van der Waals surface area (Å²) in [5.41, 5.74) is 10.8. The number of hydrogen-bond donors (Lipinski definition) is 2.